The molecular weight excluding hydrogens is 286 g/mol. The summed E-state index contributed by atoms with van der Waals surface area (Å²) in [5.74, 6) is 0. The van der Waals surface area contributed by atoms with Gasteiger partial charge in [-0.05, 0) is 56.5 Å². The monoisotopic (exact) mass is 311 g/mol. The summed E-state index contributed by atoms with van der Waals surface area (Å²) in [6, 6.07) is 7.97. The van der Waals surface area contributed by atoms with E-state index in [1.54, 1.807) is 12.1 Å². The lowest BCUT2D eigenvalue weighted by Gasteiger charge is -2.36. The lowest BCUT2D eigenvalue weighted by molar-refractivity contribution is 0.341. The minimum Gasteiger partial charge on any atom is -0.372 e. The molecule has 5 nitrogen and oxygen atoms in total. The van der Waals surface area contributed by atoms with Crippen LogP contribution in [0.3, 0.4) is 0 Å². The van der Waals surface area contributed by atoms with Crippen LogP contribution in [0.15, 0.2) is 29.2 Å². The van der Waals surface area contributed by atoms with Crippen LogP contribution in [0.4, 0.5) is 5.69 Å². The van der Waals surface area contributed by atoms with Gasteiger partial charge in [0.15, 0.2) is 0 Å². The highest BCUT2D eigenvalue weighted by atomic mass is 32.2. The zero-order valence-electron chi connectivity index (χ0n) is 12.7. The minimum absolute atomic E-state index is 0.163. The Bertz CT molecular complexity index is 549. The lowest BCUT2D eigenvalue weighted by Crippen LogP contribution is -2.40. The molecule has 118 valence electrons. The second-order valence-corrected chi connectivity index (χ2v) is 7.27. The number of benzene rings is 1. The Morgan fingerprint density at radius 1 is 1.19 bits per heavy atom. The highest BCUT2D eigenvalue weighted by Gasteiger charge is 2.23. The van der Waals surface area contributed by atoms with Gasteiger partial charge in [0.05, 0.1) is 4.90 Å². The SMILES string of the molecule is CCNC1CCC(N(C)c2ccc(S(N)(=O)=O)cc2)CC1. The molecule has 0 saturated heterocycles. The molecule has 1 aromatic rings. The predicted molar refractivity (Wildman–Crippen MR) is 85.9 cm³/mol. The number of nitrogens with zero attached hydrogens (tertiary/aromatic N) is 1. The fourth-order valence-corrected chi connectivity index (χ4v) is 3.55. The maximum Gasteiger partial charge on any atom is 0.238 e. The number of rotatable bonds is 5. The number of nitrogens with one attached hydrogen (secondary N) is 1. The fraction of sp³-hybridized carbons (Fsp3) is 0.600. The van der Waals surface area contributed by atoms with E-state index in [-0.39, 0.29) is 4.90 Å². The van der Waals surface area contributed by atoms with Crippen molar-refractivity contribution in [2.75, 3.05) is 18.5 Å². The molecule has 1 aliphatic rings. The third-order valence-corrected chi connectivity index (χ3v) is 5.24. The van der Waals surface area contributed by atoms with Gasteiger partial charge in [0.2, 0.25) is 10.0 Å². The smallest absolute Gasteiger partial charge is 0.238 e. The van der Waals surface area contributed by atoms with Gasteiger partial charge in [-0.25, -0.2) is 13.6 Å². The zero-order valence-corrected chi connectivity index (χ0v) is 13.6. The second-order valence-electron chi connectivity index (χ2n) is 5.71. The average Bonchev–Trinajstić information content (AvgIpc) is 2.47. The van der Waals surface area contributed by atoms with E-state index < -0.39 is 10.0 Å². The molecular formula is C15H25N3O2S. The van der Waals surface area contributed by atoms with Crippen LogP contribution in [0.1, 0.15) is 32.6 Å². The van der Waals surface area contributed by atoms with Crippen molar-refractivity contribution < 1.29 is 8.42 Å². The average molecular weight is 311 g/mol. The summed E-state index contributed by atoms with van der Waals surface area (Å²) < 4.78 is 22.5. The Labute approximate surface area is 127 Å². The molecule has 0 amide bonds. The first kappa shape index (κ1) is 16.3. The number of anilines is 1. The topological polar surface area (TPSA) is 75.4 Å². The van der Waals surface area contributed by atoms with Gasteiger partial charge in [-0.15, -0.1) is 0 Å². The Hall–Kier alpha value is -1.11. The van der Waals surface area contributed by atoms with E-state index in [9.17, 15) is 8.42 Å². The molecule has 1 aromatic carbocycles. The molecule has 1 aliphatic carbocycles. The van der Waals surface area contributed by atoms with E-state index in [0.29, 0.717) is 12.1 Å². The zero-order chi connectivity index (χ0) is 15.5. The Balaban J connectivity index is 1.99. The third-order valence-electron chi connectivity index (χ3n) is 4.31. The highest BCUT2D eigenvalue weighted by Crippen LogP contribution is 2.27. The van der Waals surface area contributed by atoms with Gasteiger partial charge < -0.3 is 10.2 Å². The van der Waals surface area contributed by atoms with E-state index in [0.717, 1.165) is 25.1 Å². The van der Waals surface area contributed by atoms with Crippen LogP contribution in [0, 0.1) is 0 Å². The highest BCUT2D eigenvalue weighted by molar-refractivity contribution is 7.89. The van der Waals surface area contributed by atoms with Crippen molar-refractivity contribution in [2.24, 2.45) is 5.14 Å². The fourth-order valence-electron chi connectivity index (χ4n) is 3.04. The van der Waals surface area contributed by atoms with E-state index >= 15 is 0 Å². The van der Waals surface area contributed by atoms with Crippen LogP contribution in [0.5, 0.6) is 0 Å². The first-order valence-electron chi connectivity index (χ1n) is 7.51. The molecule has 1 fully saturated rings. The maximum atomic E-state index is 11.3. The van der Waals surface area contributed by atoms with Crippen molar-refractivity contribution in [3.63, 3.8) is 0 Å². The van der Waals surface area contributed by atoms with Gasteiger partial charge in [-0.3, -0.25) is 0 Å². The molecule has 0 bridgehead atoms. The first-order chi connectivity index (χ1) is 9.91. The Morgan fingerprint density at radius 3 is 2.24 bits per heavy atom. The standard InChI is InChI=1S/C15H25N3O2S/c1-3-17-12-4-6-13(7-5-12)18(2)14-8-10-15(11-9-14)21(16,19)20/h8-13,17H,3-7H2,1-2H3,(H2,16,19,20). The van der Waals surface area contributed by atoms with Crippen LogP contribution in [0.2, 0.25) is 0 Å². The van der Waals surface area contributed by atoms with Crippen LogP contribution >= 0.6 is 0 Å². The van der Waals surface area contributed by atoms with Crippen LogP contribution in [-0.4, -0.2) is 34.1 Å². The van der Waals surface area contributed by atoms with Crippen LogP contribution in [0.25, 0.3) is 0 Å². The summed E-state index contributed by atoms with van der Waals surface area (Å²) >= 11 is 0. The molecule has 0 spiro atoms. The maximum absolute atomic E-state index is 11.3. The normalized spacial score (nSPS) is 23.0. The number of sulfonamides is 1. The molecule has 0 heterocycles. The number of primary sulfonamides is 1. The molecule has 0 unspecified atom stereocenters. The quantitative estimate of drug-likeness (QED) is 0.868. The van der Waals surface area contributed by atoms with Crippen molar-refractivity contribution >= 4 is 15.7 Å². The Morgan fingerprint density at radius 2 is 1.76 bits per heavy atom. The molecule has 0 radical (unpaired) electrons. The van der Waals surface area contributed by atoms with Gasteiger partial charge in [0, 0.05) is 24.8 Å². The Kier molecular flexibility index (Phi) is 5.24. The van der Waals surface area contributed by atoms with Crippen molar-refractivity contribution in [3.05, 3.63) is 24.3 Å². The van der Waals surface area contributed by atoms with Crippen molar-refractivity contribution in [1.29, 1.82) is 0 Å². The van der Waals surface area contributed by atoms with E-state index in [1.807, 2.05) is 12.1 Å². The summed E-state index contributed by atoms with van der Waals surface area (Å²) in [7, 11) is -1.54. The van der Waals surface area contributed by atoms with Crippen LogP contribution in [-0.2, 0) is 10.0 Å². The molecule has 3 N–H and O–H groups in total. The van der Waals surface area contributed by atoms with Gasteiger partial charge in [-0.2, -0.15) is 0 Å². The predicted octanol–water partition coefficient (Wildman–Crippen LogP) is 1.69. The minimum atomic E-state index is -3.61. The molecule has 2 rings (SSSR count). The van der Waals surface area contributed by atoms with E-state index in [4.69, 9.17) is 5.14 Å². The summed E-state index contributed by atoms with van der Waals surface area (Å²) in [5.41, 5.74) is 1.04. The summed E-state index contributed by atoms with van der Waals surface area (Å²) in [5, 5.41) is 8.63. The molecule has 0 aromatic heterocycles. The van der Waals surface area contributed by atoms with Crippen molar-refractivity contribution in [2.45, 2.75) is 49.6 Å². The largest absolute Gasteiger partial charge is 0.372 e. The number of hydrogen-bond donors (Lipinski definition) is 2. The van der Waals surface area contributed by atoms with Crippen LogP contribution < -0.4 is 15.4 Å². The van der Waals surface area contributed by atoms with E-state index in [2.05, 4.69) is 24.2 Å². The number of hydrogen-bond acceptors (Lipinski definition) is 4. The van der Waals surface area contributed by atoms with Crippen molar-refractivity contribution in [1.82, 2.24) is 5.32 Å². The molecule has 1 saturated carbocycles. The second kappa shape index (κ2) is 6.77. The lowest BCUT2D eigenvalue weighted by atomic mass is 9.90. The molecule has 21 heavy (non-hydrogen) atoms. The van der Waals surface area contributed by atoms with Crippen molar-refractivity contribution in [3.8, 4) is 0 Å². The van der Waals surface area contributed by atoms with Gasteiger partial charge in [0.1, 0.15) is 0 Å². The summed E-state index contributed by atoms with van der Waals surface area (Å²) in [6.07, 6.45) is 4.70. The molecule has 6 heteroatoms. The van der Waals surface area contributed by atoms with Gasteiger partial charge >= 0.3 is 0 Å². The molecule has 0 atom stereocenters. The molecule has 0 aliphatic heterocycles. The van der Waals surface area contributed by atoms with E-state index in [1.165, 1.54) is 12.8 Å². The van der Waals surface area contributed by atoms with Gasteiger partial charge in [-0.1, -0.05) is 6.92 Å². The summed E-state index contributed by atoms with van der Waals surface area (Å²) in [6.45, 7) is 3.17. The third kappa shape index (κ3) is 4.18. The summed E-state index contributed by atoms with van der Waals surface area (Å²) in [4.78, 5) is 2.41. The van der Waals surface area contributed by atoms with Gasteiger partial charge in [0.25, 0.3) is 0 Å². The first-order valence-corrected chi connectivity index (χ1v) is 9.05. The number of nitrogens with two attached hydrogens (primary N) is 1.